The largest absolute Gasteiger partial charge is 0.393 e. The van der Waals surface area contributed by atoms with Gasteiger partial charge in [-0.05, 0) is 44.7 Å². The number of nitrogens with zero attached hydrogens (tertiary/aromatic N) is 2. The molecule has 0 aromatic heterocycles. The lowest BCUT2D eigenvalue weighted by Crippen LogP contribution is -2.57. The minimum absolute atomic E-state index is 0.00115. The van der Waals surface area contributed by atoms with E-state index in [1.807, 2.05) is 24.3 Å². The normalized spacial score (nSPS) is 33.8. The first-order chi connectivity index (χ1) is 13.5. The highest BCUT2D eigenvalue weighted by molar-refractivity contribution is 6.09. The lowest BCUT2D eigenvalue weighted by Gasteiger charge is -2.41. The zero-order valence-electron chi connectivity index (χ0n) is 15.9. The van der Waals surface area contributed by atoms with E-state index in [1.54, 1.807) is 4.90 Å². The molecule has 0 saturated carbocycles. The van der Waals surface area contributed by atoms with Crippen molar-refractivity contribution in [1.82, 2.24) is 9.80 Å². The Morgan fingerprint density at radius 1 is 1.21 bits per heavy atom. The number of fused-ring (bicyclic) bond motifs is 4. The van der Waals surface area contributed by atoms with E-state index in [2.05, 4.69) is 10.2 Å². The molecule has 3 fully saturated rings. The van der Waals surface area contributed by atoms with E-state index in [1.165, 1.54) is 0 Å². The SMILES string of the molecule is O=C([C@H]1C[C@H]2CCCN2[C@]12C(=O)Nc1ccccc12)N1CCC(O)(CO)CC1. The zero-order chi connectivity index (χ0) is 19.5. The smallest absolute Gasteiger partial charge is 0.250 e. The van der Waals surface area contributed by atoms with Gasteiger partial charge in [-0.2, -0.15) is 0 Å². The van der Waals surface area contributed by atoms with E-state index in [9.17, 15) is 19.8 Å². The third kappa shape index (κ3) is 2.33. The first-order valence-corrected chi connectivity index (χ1v) is 10.3. The van der Waals surface area contributed by atoms with E-state index in [-0.39, 0.29) is 24.5 Å². The lowest BCUT2D eigenvalue weighted by molar-refractivity contribution is -0.148. The molecule has 2 amide bonds. The van der Waals surface area contributed by atoms with Gasteiger partial charge in [0.15, 0.2) is 0 Å². The summed E-state index contributed by atoms with van der Waals surface area (Å²) in [5, 5.41) is 22.7. The molecule has 0 bridgehead atoms. The van der Waals surface area contributed by atoms with Crippen LogP contribution in [0.5, 0.6) is 0 Å². The van der Waals surface area contributed by atoms with Gasteiger partial charge < -0.3 is 20.4 Å². The van der Waals surface area contributed by atoms with Gasteiger partial charge in [-0.15, -0.1) is 0 Å². The molecule has 1 aromatic carbocycles. The summed E-state index contributed by atoms with van der Waals surface area (Å²) in [6.45, 7) is 1.38. The molecule has 7 nitrogen and oxygen atoms in total. The number of para-hydroxylation sites is 1. The molecule has 4 aliphatic heterocycles. The predicted octanol–water partition coefficient (Wildman–Crippen LogP) is 0.664. The number of piperidine rings is 1. The Kier molecular flexibility index (Phi) is 4.05. The van der Waals surface area contributed by atoms with Crippen molar-refractivity contribution < 1.29 is 19.8 Å². The molecule has 28 heavy (non-hydrogen) atoms. The van der Waals surface area contributed by atoms with Gasteiger partial charge in [0.05, 0.1) is 18.1 Å². The number of likely N-dealkylation sites (tertiary alicyclic amines) is 1. The second kappa shape index (κ2) is 6.27. The van der Waals surface area contributed by atoms with Crippen LogP contribution in [-0.2, 0) is 15.1 Å². The molecule has 7 heteroatoms. The number of hydrogen-bond donors (Lipinski definition) is 3. The number of nitrogens with one attached hydrogen (secondary N) is 1. The van der Waals surface area contributed by atoms with E-state index >= 15 is 0 Å². The molecule has 1 spiro atoms. The number of benzene rings is 1. The Morgan fingerprint density at radius 3 is 2.71 bits per heavy atom. The number of anilines is 1. The van der Waals surface area contributed by atoms with Crippen molar-refractivity contribution in [1.29, 1.82) is 0 Å². The summed E-state index contributed by atoms with van der Waals surface area (Å²) in [6.07, 6.45) is 3.50. The number of carbonyl (C=O) groups excluding carboxylic acids is 2. The predicted molar refractivity (Wildman–Crippen MR) is 102 cm³/mol. The van der Waals surface area contributed by atoms with Crippen LogP contribution in [0.3, 0.4) is 0 Å². The van der Waals surface area contributed by atoms with Crippen molar-refractivity contribution in [2.45, 2.75) is 49.3 Å². The zero-order valence-corrected chi connectivity index (χ0v) is 15.9. The summed E-state index contributed by atoms with van der Waals surface area (Å²) in [5.41, 5.74) is -0.279. The van der Waals surface area contributed by atoms with Gasteiger partial charge in [0.1, 0.15) is 5.54 Å². The third-order valence-corrected chi connectivity index (χ3v) is 7.37. The fourth-order valence-electron chi connectivity index (χ4n) is 5.88. The number of hydrogen-bond acceptors (Lipinski definition) is 5. The molecule has 3 atom stereocenters. The first kappa shape index (κ1) is 18.1. The molecule has 3 N–H and O–H groups in total. The fourth-order valence-corrected chi connectivity index (χ4v) is 5.88. The van der Waals surface area contributed by atoms with Crippen molar-refractivity contribution in [2.24, 2.45) is 5.92 Å². The number of rotatable bonds is 2. The Bertz CT molecular complexity index is 820. The second-order valence-corrected chi connectivity index (χ2v) is 8.75. The van der Waals surface area contributed by atoms with Crippen molar-refractivity contribution in [3.8, 4) is 0 Å². The van der Waals surface area contributed by atoms with Crippen LogP contribution in [0.25, 0.3) is 0 Å². The quantitative estimate of drug-likeness (QED) is 0.696. The molecule has 1 aromatic rings. The topological polar surface area (TPSA) is 93.1 Å². The van der Waals surface area contributed by atoms with Gasteiger partial charge in [0.2, 0.25) is 11.8 Å². The van der Waals surface area contributed by atoms with Gasteiger partial charge in [-0.1, -0.05) is 18.2 Å². The van der Waals surface area contributed by atoms with E-state index in [0.717, 1.165) is 30.6 Å². The van der Waals surface area contributed by atoms with Crippen LogP contribution in [0.15, 0.2) is 24.3 Å². The van der Waals surface area contributed by atoms with E-state index in [0.29, 0.717) is 32.4 Å². The fraction of sp³-hybridized carbons (Fsp3) is 0.619. The molecule has 5 rings (SSSR count). The van der Waals surface area contributed by atoms with Crippen LogP contribution in [0.4, 0.5) is 5.69 Å². The number of carbonyl (C=O) groups is 2. The summed E-state index contributed by atoms with van der Waals surface area (Å²) < 4.78 is 0. The standard InChI is InChI=1S/C21H27N3O4/c25-13-20(28)7-10-23(11-8-20)18(26)16-12-14-4-3-9-24(14)21(16)15-5-1-2-6-17(15)22-19(21)27/h1-2,5-6,14,16,25,28H,3-4,7-13H2,(H,22,27)/t14-,16-,21+/m1/s1. The Hall–Kier alpha value is -1.96. The van der Waals surface area contributed by atoms with Crippen molar-refractivity contribution >= 4 is 17.5 Å². The number of amides is 2. The summed E-state index contributed by atoms with van der Waals surface area (Å²) in [7, 11) is 0. The van der Waals surface area contributed by atoms with E-state index < -0.39 is 17.1 Å². The summed E-state index contributed by atoms with van der Waals surface area (Å²) in [6, 6.07) is 7.99. The van der Waals surface area contributed by atoms with Crippen LogP contribution in [0.1, 0.15) is 37.7 Å². The maximum atomic E-state index is 13.6. The molecular formula is C21H27N3O4. The maximum absolute atomic E-state index is 13.6. The lowest BCUT2D eigenvalue weighted by atomic mass is 9.77. The highest BCUT2D eigenvalue weighted by Gasteiger charge is 2.65. The van der Waals surface area contributed by atoms with Gasteiger partial charge in [0.25, 0.3) is 0 Å². The van der Waals surface area contributed by atoms with Crippen molar-refractivity contribution in [3.63, 3.8) is 0 Å². The molecule has 0 aliphatic carbocycles. The molecule has 3 saturated heterocycles. The average molecular weight is 385 g/mol. The summed E-state index contributed by atoms with van der Waals surface area (Å²) in [4.78, 5) is 31.0. The molecule has 4 heterocycles. The Balaban J connectivity index is 1.51. The molecule has 150 valence electrons. The first-order valence-electron chi connectivity index (χ1n) is 10.3. The minimum Gasteiger partial charge on any atom is -0.393 e. The summed E-state index contributed by atoms with van der Waals surface area (Å²) >= 11 is 0. The molecule has 4 aliphatic rings. The average Bonchev–Trinajstić information content (AvgIpc) is 3.36. The van der Waals surface area contributed by atoms with Gasteiger partial charge in [-0.25, -0.2) is 0 Å². The van der Waals surface area contributed by atoms with Crippen molar-refractivity contribution in [3.05, 3.63) is 29.8 Å². The maximum Gasteiger partial charge on any atom is 0.250 e. The van der Waals surface area contributed by atoms with Gasteiger partial charge in [0, 0.05) is 30.4 Å². The van der Waals surface area contributed by atoms with Crippen LogP contribution in [0.2, 0.25) is 0 Å². The number of aliphatic hydroxyl groups excluding tert-OH is 1. The van der Waals surface area contributed by atoms with Gasteiger partial charge >= 0.3 is 0 Å². The highest BCUT2D eigenvalue weighted by atomic mass is 16.3. The van der Waals surface area contributed by atoms with Crippen LogP contribution >= 0.6 is 0 Å². The number of aliphatic hydroxyl groups is 2. The van der Waals surface area contributed by atoms with Crippen LogP contribution in [0, 0.1) is 5.92 Å². The highest BCUT2D eigenvalue weighted by Crippen LogP contribution is 2.55. The van der Waals surface area contributed by atoms with Crippen molar-refractivity contribution in [2.75, 3.05) is 31.6 Å². The third-order valence-electron chi connectivity index (χ3n) is 7.37. The van der Waals surface area contributed by atoms with Crippen LogP contribution in [-0.4, -0.2) is 69.7 Å². The molecule has 0 unspecified atom stereocenters. The Labute approximate surface area is 164 Å². The molecule has 0 radical (unpaired) electrons. The molecular weight excluding hydrogens is 358 g/mol. The van der Waals surface area contributed by atoms with Crippen LogP contribution < -0.4 is 5.32 Å². The second-order valence-electron chi connectivity index (χ2n) is 8.75. The monoisotopic (exact) mass is 385 g/mol. The minimum atomic E-state index is -1.10. The Morgan fingerprint density at radius 2 is 1.96 bits per heavy atom. The van der Waals surface area contributed by atoms with Gasteiger partial charge in [-0.3, -0.25) is 14.5 Å². The van der Waals surface area contributed by atoms with E-state index in [4.69, 9.17) is 0 Å². The summed E-state index contributed by atoms with van der Waals surface area (Å²) in [5.74, 6) is -0.497.